The van der Waals surface area contributed by atoms with Gasteiger partial charge in [-0.1, -0.05) is 61.4 Å². The number of nitrogens with two attached hydrogens (primary N) is 1. The predicted octanol–water partition coefficient (Wildman–Crippen LogP) is 5.29. The fraction of sp³-hybridized carbons (Fsp3) is 0.353. The van der Waals surface area contributed by atoms with Crippen LogP contribution in [0.1, 0.15) is 71.6 Å². The van der Waals surface area contributed by atoms with E-state index in [0.29, 0.717) is 23.2 Å². The van der Waals surface area contributed by atoms with Crippen LogP contribution in [0, 0.1) is 12.3 Å². The van der Waals surface area contributed by atoms with Crippen molar-refractivity contribution in [3.05, 3.63) is 77.9 Å². The Morgan fingerprint density at radius 3 is 2.19 bits per heavy atom. The summed E-state index contributed by atoms with van der Waals surface area (Å²) in [6, 6.07) is 17.4. The fourth-order valence-corrected chi connectivity index (χ4v) is 4.71. The first-order valence-corrected chi connectivity index (χ1v) is 14.1. The molecule has 43 heavy (non-hydrogen) atoms. The highest BCUT2D eigenvalue weighted by molar-refractivity contribution is 6.01. The van der Waals surface area contributed by atoms with E-state index in [4.69, 9.17) is 16.9 Å². The summed E-state index contributed by atoms with van der Waals surface area (Å²) < 4.78 is 5.36. The van der Waals surface area contributed by atoms with Gasteiger partial charge in [-0.15, -0.1) is 6.42 Å². The summed E-state index contributed by atoms with van der Waals surface area (Å²) in [7, 11) is 0. The monoisotopic (exact) mass is 584 g/mol. The summed E-state index contributed by atoms with van der Waals surface area (Å²) in [5.41, 5.74) is 5.05. The minimum absolute atomic E-state index is 0.410. The van der Waals surface area contributed by atoms with Gasteiger partial charge in [0.1, 0.15) is 17.7 Å². The van der Waals surface area contributed by atoms with Crippen molar-refractivity contribution in [3.63, 3.8) is 0 Å². The second-order valence-electron chi connectivity index (χ2n) is 11.9. The largest absolute Gasteiger partial charge is 0.444 e. The molecule has 226 valence electrons. The molecule has 4 amide bonds. The highest BCUT2D eigenvalue weighted by atomic mass is 16.6. The van der Waals surface area contributed by atoms with Crippen molar-refractivity contribution in [2.45, 2.75) is 77.6 Å². The van der Waals surface area contributed by atoms with Crippen LogP contribution in [0.5, 0.6) is 0 Å². The van der Waals surface area contributed by atoms with E-state index in [1.54, 1.807) is 65.0 Å². The summed E-state index contributed by atoms with van der Waals surface area (Å²) in [4.78, 5) is 55.0. The van der Waals surface area contributed by atoms with Gasteiger partial charge in [0, 0.05) is 16.8 Å². The van der Waals surface area contributed by atoms with Crippen LogP contribution in [0.15, 0.2) is 66.7 Å². The summed E-state index contributed by atoms with van der Waals surface area (Å²) in [6.07, 6.45) is 4.86. The van der Waals surface area contributed by atoms with E-state index in [-0.39, 0.29) is 0 Å². The van der Waals surface area contributed by atoms with Crippen LogP contribution < -0.4 is 16.4 Å². The normalized spacial score (nSPS) is 12.9. The molecule has 0 aromatic heterocycles. The molecule has 2 atom stereocenters. The molecule has 0 fully saturated rings. The van der Waals surface area contributed by atoms with Gasteiger partial charge >= 0.3 is 6.09 Å². The Hall–Kier alpha value is -4.84. The molecule has 9 heteroatoms. The number of amides is 4. The van der Waals surface area contributed by atoms with Crippen molar-refractivity contribution < 1.29 is 23.9 Å². The molecule has 4 N–H and O–H groups in total. The minimum atomic E-state index is -1.41. The van der Waals surface area contributed by atoms with Crippen molar-refractivity contribution in [2.24, 2.45) is 5.73 Å². The molecule has 3 aromatic carbocycles. The van der Waals surface area contributed by atoms with Gasteiger partial charge in [0.05, 0.1) is 6.42 Å². The highest BCUT2D eigenvalue weighted by Gasteiger charge is 2.44. The number of hydrogen-bond donors (Lipinski definition) is 3. The average Bonchev–Trinajstić information content (AvgIpc) is 2.93. The lowest BCUT2D eigenvalue weighted by molar-refractivity contribution is -0.148. The lowest BCUT2D eigenvalue weighted by Gasteiger charge is -2.44. The molecule has 0 aliphatic rings. The zero-order chi connectivity index (χ0) is 31.9. The molecule has 0 saturated heterocycles. The van der Waals surface area contributed by atoms with Gasteiger partial charge in [-0.05, 0) is 75.6 Å². The number of nitrogens with zero attached hydrogens (tertiary/aromatic N) is 1. The third kappa shape index (κ3) is 8.35. The van der Waals surface area contributed by atoms with E-state index in [9.17, 15) is 19.2 Å². The minimum Gasteiger partial charge on any atom is -0.444 e. The van der Waals surface area contributed by atoms with Gasteiger partial charge < -0.3 is 26.0 Å². The molecular weight excluding hydrogens is 544 g/mol. The summed E-state index contributed by atoms with van der Waals surface area (Å²) in [6.45, 7) is 10.5. The number of terminal acetylenes is 1. The summed E-state index contributed by atoms with van der Waals surface area (Å²) in [5.74, 6) is 0.587. The smallest absolute Gasteiger partial charge is 0.408 e. The number of carbonyl (C=O) groups is 4. The van der Waals surface area contributed by atoms with Crippen molar-refractivity contribution in [2.75, 3.05) is 5.32 Å². The standard InChI is InChI=1S/C34H40N4O5/c1-8-22-14-12-13-17-26(22)29(30(40)36-25-19-18-23-15-10-11-16-24(23)20-25)38(34(6,7)9-2)31(41)27(21-28(35)39)37-32(42)43-33(3,4)5/h1,10-20,27,29H,9,21H2,2-7H3,(H2,35,39)(H,36,40)(H,37,42). The van der Waals surface area contributed by atoms with E-state index < -0.39 is 53.5 Å². The lowest BCUT2D eigenvalue weighted by atomic mass is 9.90. The number of benzene rings is 3. The number of carbonyl (C=O) groups excluding carboxylic acids is 4. The quantitative estimate of drug-likeness (QED) is 0.279. The van der Waals surface area contributed by atoms with Crippen molar-refractivity contribution in [1.29, 1.82) is 0 Å². The van der Waals surface area contributed by atoms with Crippen LogP contribution in [0.25, 0.3) is 10.8 Å². The molecular formula is C34H40N4O5. The predicted molar refractivity (Wildman–Crippen MR) is 168 cm³/mol. The summed E-state index contributed by atoms with van der Waals surface area (Å²) in [5, 5.41) is 7.38. The number of hydrogen-bond acceptors (Lipinski definition) is 5. The van der Waals surface area contributed by atoms with Crippen LogP contribution >= 0.6 is 0 Å². The Bertz CT molecular complexity index is 1550. The molecule has 3 rings (SSSR count). The maximum Gasteiger partial charge on any atom is 0.408 e. The summed E-state index contributed by atoms with van der Waals surface area (Å²) >= 11 is 0. The molecule has 0 saturated carbocycles. The number of primary amides is 1. The van der Waals surface area contributed by atoms with Crippen LogP contribution in [-0.4, -0.2) is 45.9 Å². The van der Waals surface area contributed by atoms with Gasteiger partial charge in [-0.2, -0.15) is 0 Å². The molecule has 9 nitrogen and oxygen atoms in total. The van der Waals surface area contributed by atoms with Crippen molar-refractivity contribution in [3.8, 4) is 12.3 Å². The molecule has 0 heterocycles. The molecule has 2 unspecified atom stereocenters. The Balaban J connectivity index is 2.16. The molecule has 0 bridgehead atoms. The number of fused-ring (bicyclic) bond motifs is 1. The number of alkyl carbamates (subject to hydrolysis) is 1. The first-order chi connectivity index (χ1) is 20.2. The van der Waals surface area contributed by atoms with Gasteiger partial charge in [0.15, 0.2) is 0 Å². The molecule has 0 aliphatic carbocycles. The van der Waals surface area contributed by atoms with E-state index in [2.05, 4.69) is 16.6 Å². The van der Waals surface area contributed by atoms with E-state index in [1.165, 1.54) is 4.90 Å². The van der Waals surface area contributed by atoms with Crippen LogP contribution in [0.4, 0.5) is 10.5 Å². The number of ether oxygens (including phenoxy) is 1. The SMILES string of the molecule is C#Cc1ccccc1C(C(=O)Nc1ccc2ccccc2c1)N(C(=O)C(CC(N)=O)NC(=O)OC(C)(C)C)C(C)(C)CC. The maximum atomic E-state index is 14.4. The molecule has 0 radical (unpaired) electrons. The number of nitrogens with one attached hydrogen (secondary N) is 2. The highest BCUT2D eigenvalue weighted by Crippen LogP contribution is 2.35. The Morgan fingerprint density at radius 1 is 0.953 bits per heavy atom. The first-order valence-electron chi connectivity index (χ1n) is 14.1. The maximum absolute atomic E-state index is 14.4. The topological polar surface area (TPSA) is 131 Å². The Labute approximate surface area is 253 Å². The number of rotatable bonds is 10. The Kier molecular flexibility index (Phi) is 10.2. The molecule has 3 aromatic rings. The van der Waals surface area contributed by atoms with E-state index in [0.717, 1.165) is 10.8 Å². The fourth-order valence-electron chi connectivity index (χ4n) is 4.71. The lowest BCUT2D eigenvalue weighted by Crippen LogP contribution is -2.59. The van der Waals surface area contributed by atoms with E-state index in [1.807, 2.05) is 43.3 Å². The van der Waals surface area contributed by atoms with Crippen molar-refractivity contribution in [1.82, 2.24) is 10.2 Å². The number of anilines is 1. The molecule has 0 aliphatic heterocycles. The first kappa shape index (κ1) is 32.7. The second-order valence-corrected chi connectivity index (χ2v) is 11.9. The van der Waals surface area contributed by atoms with Gasteiger partial charge in [0.25, 0.3) is 5.91 Å². The van der Waals surface area contributed by atoms with Crippen LogP contribution in [0.3, 0.4) is 0 Å². The van der Waals surface area contributed by atoms with Crippen LogP contribution in [0.2, 0.25) is 0 Å². The van der Waals surface area contributed by atoms with E-state index >= 15 is 0 Å². The average molecular weight is 585 g/mol. The Morgan fingerprint density at radius 2 is 1.58 bits per heavy atom. The van der Waals surface area contributed by atoms with Gasteiger partial charge in [-0.3, -0.25) is 14.4 Å². The zero-order valence-electron chi connectivity index (χ0n) is 25.6. The third-order valence-electron chi connectivity index (χ3n) is 7.08. The van der Waals surface area contributed by atoms with Crippen molar-refractivity contribution >= 4 is 40.3 Å². The van der Waals surface area contributed by atoms with Crippen LogP contribution in [-0.2, 0) is 19.1 Å². The zero-order valence-corrected chi connectivity index (χ0v) is 25.6. The second kappa shape index (κ2) is 13.4. The van der Waals surface area contributed by atoms with Gasteiger partial charge in [0.2, 0.25) is 11.8 Å². The third-order valence-corrected chi connectivity index (χ3v) is 7.08. The molecule has 0 spiro atoms. The van der Waals surface area contributed by atoms with Gasteiger partial charge in [-0.25, -0.2) is 4.79 Å².